The molecule has 0 saturated heterocycles. The molecular formula is C12H13F3S. The number of halogens is 3. The first kappa shape index (κ1) is 13.2. The van der Waals surface area contributed by atoms with Gasteiger partial charge < -0.3 is 0 Å². The Hall–Kier alpha value is -0.900. The van der Waals surface area contributed by atoms with Crippen molar-refractivity contribution in [2.45, 2.75) is 30.7 Å². The molecule has 0 amide bonds. The van der Waals surface area contributed by atoms with Crippen LogP contribution in [0.5, 0.6) is 0 Å². The molecule has 0 fully saturated rings. The van der Waals surface area contributed by atoms with Gasteiger partial charge in [0.2, 0.25) is 0 Å². The van der Waals surface area contributed by atoms with E-state index in [1.54, 1.807) is 18.2 Å². The van der Waals surface area contributed by atoms with E-state index in [-0.39, 0.29) is 16.7 Å². The van der Waals surface area contributed by atoms with Crippen molar-refractivity contribution in [3.8, 4) is 0 Å². The maximum absolute atomic E-state index is 12.3. The second-order valence-corrected chi connectivity index (χ2v) is 4.51. The predicted molar refractivity (Wildman–Crippen MR) is 62.4 cm³/mol. The minimum atomic E-state index is -4.23. The molecule has 0 bridgehead atoms. The molecule has 0 nitrogen and oxygen atoms in total. The maximum Gasteiger partial charge on any atom is 0.446 e. The van der Waals surface area contributed by atoms with Gasteiger partial charge >= 0.3 is 5.51 Å². The van der Waals surface area contributed by atoms with Crippen LogP contribution in [-0.2, 0) is 0 Å². The van der Waals surface area contributed by atoms with E-state index in [0.717, 1.165) is 12.0 Å². The lowest BCUT2D eigenvalue weighted by atomic mass is 10.1. The molecule has 0 saturated carbocycles. The van der Waals surface area contributed by atoms with Crippen LogP contribution in [0.3, 0.4) is 0 Å². The topological polar surface area (TPSA) is 0 Å². The monoisotopic (exact) mass is 246 g/mol. The summed E-state index contributed by atoms with van der Waals surface area (Å²) in [5, 5.41) is 0. The summed E-state index contributed by atoms with van der Waals surface area (Å²) in [6, 6.07) is 4.97. The molecule has 0 N–H and O–H groups in total. The van der Waals surface area contributed by atoms with Crippen molar-refractivity contribution < 1.29 is 13.2 Å². The van der Waals surface area contributed by atoms with Crippen molar-refractivity contribution in [3.63, 3.8) is 0 Å². The van der Waals surface area contributed by atoms with Gasteiger partial charge in [0.05, 0.1) is 0 Å². The average Bonchev–Trinajstić information content (AvgIpc) is 2.16. The molecule has 4 heteroatoms. The number of thioether (sulfide) groups is 1. The number of rotatable bonds is 3. The number of benzene rings is 1. The molecule has 0 radical (unpaired) electrons. The first-order valence-corrected chi connectivity index (χ1v) is 5.77. The van der Waals surface area contributed by atoms with Crippen molar-refractivity contribution in [2.75, 3.05) is 0 Å². The van der Waals surface area contributed by atoms with E-state index in [2.05, 4.69) is 0 Å². The molecule has 0 aliphatic rings. The third kappa shape index (κ3) is 4.31. The van der Waals surface area contributed by atoms with Crippen LogP contribution in [0.1, 0.15) is 24.5 Å². The minimum absolute atomic E-state index is 0.0647. The van der Waals surface area contributed by atoms with Gasteiger partial charge in [0.25, 0.3) is 0 Å². The molecular weight excluding hydrogens is 233 g/mol. The maximum atomic E-state index is 12.3. The van der Waals surface area contributed by atoms with Crippen molar-refractivity contribution >= 4 is 17.8 Å². The Morgan fingerprint density at radius 2 is 2.00 bits per heavy atom. The van der Waals surface area contributed by atoms with E-state index >= 15 is 0 Å². The summed E-state index contributed by atoms with van der Waals surface area (Å²) in [7, 11) is 0. The number of allylic oxidation sites excluding steroid dienone is 1. The average molecular weight is 246 g/mol. The zero-order valence-corrected chi connectivity index (χ0v) is 9.95. The van der Waals surface area contributed by atoms with Crippen LogP contribution < -0.4 is 0 Å². The highest BCUT2D eigenvalue weighted by Gasteiger charge is 2.29. The zero-order chi connectivity index (χ0) is 12.2. The molecule has 1 aromatic carbocycles. The molecule has 0 aromatic heterocycles. The second-order valence-electron chi connectivity index (χ2n) is 3.40. The van der Waals surface area contributed by atoms with Gasteiger partial charge in [-0.15, -0.1) is 0 Å². The highest BCUT2D eigenvalue weighted by molar-refractivity contribution is 8.00. The van der Waals surface area contributed by atoms with Gasteiger partial charge in [-0.2, -0.15) is 13.2 Å². The number of aryl methyl sites for hydroxylation is 1. The molecule has 1 aromatic rings. The summed E-state index contributed by atoms with van der Waals surface area (Å²) in [6.45, 7) is 3.81. The third-order valence-corrected chi connectivity index (χ3v) is 2.75. The molecule has 0 spiro atoms. The zero-order valence-electron chi connectivity index (χ0n) is 9.14. The standard InChI is InChI=1S/C12H13F3S/c1-3-4-5-10-8-9(2)6-7-11(10)16-12(13,14)15/h4-8H,3H2,1-2H3. The second kappa shape index (κ2) is 5.43. The van der Waals surface area contributed by atoms with E-state index < -0.39 is 5.51 Å². The lowest BCUT2D eigenvalue weighted by molar-refractivity contribution is -0.0328. The lowest BCUT2D eigenvalue weighted by Gasteiger charge is -2.09. The molecule has 1 rings (SSSR count). The molecule has 0 atom stereocenters. The van der Waals surface area contributed by atoms with E-state index in [4.69, 9.17) is 0 Å². The van der Waals surface area contributed by atoms with Crippen LogP contribution in [0.4, 0.5) is 13.2 Å². The highest BCUT2D eigenvalue weighted by Crippen LogP contribution is 2.39. The van der Waals surface area contributed by atoms with Gasteiger partial charge in [0, 0.05) is 4.90 Å². The Balaban J connectivity index is 3.03. The fourth-order valence-corrected chi connectivity index (χ4v) is 1.89. The minimum Gasteiger partial charge on any atom is -0.160 e. The van der Waals surface area contributed by atoms with Gasteiger partial charge in [0.15, 0.2) is 0 Å². The van der Waals surface area contributed by atoms with E-state index in [9.17, 15) is 13.2 Å². The fraction of sp³-hybridized carbons (Fsp3) is 0.333. The van der Waals surface area contributed by atoms with Crippen LogP contribution in [-0.4, -0.2) is 5.51 Å². The van der Waals surface area contributed by atoms with Gasteiger partial charge in [-0.05, 0) is 36.7 Å². The summed E-state index contributed by atoms with van der Waals surface area (Å²) in [4.78, 5) is 0.253. The molecule has 0 heterocycles. The van der Waals surface area contributed by atoms with Gasteiger partial charge in [-0.25, -0.2) is 0 Å². The van der Waals surface area contributed by atoms with Crippen LogP contribution in [0.15, 0.2) is 29.2 Å². The number of hydrogen-bond donors (Lipinski definition) is 0. The summed E-state index contributed by atoms with van der Waals surface area (Å²) in [5.41, 5.74) is -2.64. The molecule has 0 aliphatic heterocycles. The predicted octanol–water partition coefficient (Wildman–Crippen LogP) is 5.03. The van der Waals surface area contributed by atoms with E-state index in [0.29, 0.717) is 5.56 Å². The first-order chi connectivity index (χ1) is 7.42. The normalized spacial score (nSPS) is 12.3. The molecule has 0 unspecified atom stereocenters. The smallest absolute Gasteiger partial charge is 0.160 e. The molecule has 0 aliphatic carbocycles. The Morgan fingerprint density at radius 1 is 1.31 bits per heavy atom. The molecule has 16 heavy (non-hydrogen) atoms. The van der Waals surface area contributed by atoms with Crippen LogP contribution in [0, 0.1) is 6.92 Å². The summed E-state index contributed by atoms with van der Waals surface area (Å²) in [6.07, 6.45) is 4.40. The Kier molecular flexibility index (Phi) is 4.47. The molecule has 88 valence electrons. The SMILES string of the molecule is CCC=Cc1cc(C)ccc1SC(F)(F)F. The van der Waals surface area contributed by atoms with Crippen molar-refractivity contribution in [2.24, 2.45) is 0 Å². The number of alkyl halides is 3. The lowest BCUT2D eigenvalue weighted by Crippen LogP contribution is -2.00. The fourth-order valence-electron chi connectivity index (χ4n) is 1.26. The Morgan fingerprint density at radius 3 is 2.56 bits per heavy atom. The van der Waals surface area contributed by atoms with Crippen LogP contribution >= 0.6 is 11.8 Å². The van der Waals surface area contributed by atoms with Crippen molar-refractivity contribution in [3.05, 3.63) is 35.4 Å². The first-order valence-electron chi connectivity index (χ1n) is 4.95. The summed E-state index contributed by atoms with van der Waals surface area (Å²) >= 11 is -0.0647. The van der Waals surface area contributed by atoms with Crippen molar-refractivity contribution in [1.82, 2.24) is 0 Å². The van der Waals surface area contributed by atoms with Crippen LogP contribution in [0.2, 0.25) is 0 Å². The van der Waals surface area contributed by atoms with E-state index in [1.165, 1.54) is 6.07 Å². The van der Waals surface area contributed by atoms with Crippen molar-refractivity contribution in [1.29, 1.82) is 0 Å². The third-order valence-electron chi connectivity index (χ3n) is 1.92. The summed E-state index contributed by atoms with van der Waals surface area (Å²) < 4.78 is 36.8. The number of hydrogen-bond acceptors (Lipinski definition) is 1. The van der Waals surface area contributed by atoms with Gasteiger partial charge in [-0.3, -0.25) is 0 Å². The van der Waals surface area contributed by atoms with Gasteiger partial charge in [0.1, 0.15) is 0 Å². The quantitative estimate of drug-likeness (QED) is 0.674. The summed E-state index contributed by atoms with van der Waals surface area (Å²) in [5.74, 6) is 0. The van der Waals surface area contributed by atoms with Crippen LogP contribution in [0.25, 0.3) is 6.08 Å². The largest absolute Gasteiger partial charge is 0.446 e. The van der Waals surface area contributed by atoms with Gasteiger partial charge in [-0.1, -0.05) is 36.8 Å². The Labute approximate surface area is 97.6 Å². The van der Waals surface area contributed by atoms with E-state index in [1.807, 2.05) is 19.9 Å². The Bertz CT molecular complexity index is 380. The highest BCUT2D eigenvalue weighted by atomic mass is 32.2.